The summed E-state index contributed by atoms with van der Waals surface area (Å²) >= 11 is 0. The molecule has 4 heterocycles. The molecule has 1 aromatic rings. The van der Waals surface area contributed by atoms with Crippen LogP contribution in [0.3, 0.4) is 0 Å². The predicted molar refractivity (Wildman–Crippen MR) is 94.7 cm³/mol. The van der Waals surface area contributed by atoms with E-state index < -0.39 is 0 Å². The number of carbonyl (C=O) groups excluding carboxylic acids is 1. The number of hydrogen-bond acceptors (Lipinski definition) is 2. The van der Waals surface area contributed by atoms with Crippen molar-refractivity contribution in [3.8, 4) is 0 Å². The largest absolute Gasteiger partial charge is 0.337 e. The van der Waals surface area contributed by atoms with Crippen LogP contribution in [-0.2, 0) is 4.79 Å². The van der Waals surface area contributed by atoms with Crippen molar-refractivity contribution in [2.45, 2.75) is 56.5 Å². The van der Waals surface area contributed by atoms with Gasteiger partial charge in [0.25, 0.3) is 0 Å². The molecule has 2 bridgehead atoms. The summed E-state index contributed by atoms with van der Waals surface area (Å²) < 4.78 is 0. The van der Waals surface area contributed by atoms with E-state index in [1.807, 2.05) is 0 Å². The SMILES string of the molecule is O=C(C1CCCC1)N1C[C@@H](c2ccccc2)[C@@H]2[C@H]1C1CCN2CC1. The number of benzene rings is 1. The van der Waals surface area contributed by atoms with E-state index in [1.54, 1.807) is 0 Å². The number of amides is 1. The third kappa shape index (κ3) is 2.24. The van der Waals surface area contributed by atoms with Gasteiger partial charge in [-0.15, -0.1) is 0 Å². The molecule has 1 amide bonds. The molecular formula is C21H28N2O. The first-order valence-electron chi connectivity index (χ1n) is 9.92. The lowest BCUT2D eigenvalue weighted by molar-refractivity contribution is -0.140. The topological polar surface area (TPSA) is 23.6 Å². The number of fused-ring (bicyclic) bond motifs is 2. The minimum atomic E-state index is 0.315. The van der Waals surface area contributed by atoms with Crippen molar-refractivity contribution >= 4 is 5.91 Å². The summed E-state index contributed by atoms with van der Waals surface area (Å²) in [7, 11) is 0. The van der Waals surface area contributed by atoms with E-state index in [4.69, 9.17) is 0 Å². The molecule has 3 nitrogen and oxygen atoms in total. The maximum Gasteiger partial charge on any atom is 0.226 e. The highest BCUT2D eigenvalue weighted by Crippen LogP contribution is 2.47. The molecule has 4 aliphatic heterocycles. The molecule has 0 unspecified atom stereocenters. The average Bonchev–Trinajstić information content (AvgIpc) is 3.32. The Kier molecular flexibility index (Phi) is 3.66. The van der Waals surface area contributed by atoms with E-state index in [1.165, 1.54) is 44.3 Å². The van der Waals surface area contributed by atoms with E-state index in [9.17, 15) is 4.79 Å². The Labute approximate surface area is 145 Å². The van der Waals surface area contributed by atoms with Crippen LogP contribution in [0.2, 0.25) is 0 Å². The zero-order chi connectivity index (χ0) is 16.1. The highest BCUT2D eigenvalue weighted by molar-refractivity contribution is 5.80. The molecule has 6 rings (SSSR count). The molecule has 24 heavy (non-hydrogen) atoms. The molecule has 1 saturated carbocycles. The van der Waals surface area contributed by atoms with Gasteiger partial charge < -0.3 is 4.90 Å². The second-order valence-electron chi connectivity index (χ2n) is 8.34. The Morgan fingerprint density at radius 2 is 1.62 bits per heavy atom. The average molecular weight is 324 g/mol. The Morgan fingerprint density at radius 3 is 2.33 bits per heavy atom. The molecule has 1 aliphatic carbocycles. The minimum Gasteiger partial charge on any atom is -0.337 e. The van der Waals surface area contributed by atoms with Gasteiger partial charge in [0.1, 0.15) is 0 Å². The van der Waals surface area contributed by atoms with E-state index >= 15 is 0 Å². The highest BCUT2D eigenvalue weighted by Gasteiger charge is 2.55. The maximum atomic E-state index is 13.3. The lowest BCUT2D eigenvalue weighted by atomic mass is 9.75. The van der Waals surface area contributed by atoms with E-state index in [0.29, 0.717) is 29.8 Å². The first-order chi connectivity index (χ1) is 11.8. The number of hydrogen-bond donors (Lipinski definition) is 0. The molecule has 0 N–H and O–H groups in total. The molecule has 5 fully saturated rings. The van der Waals surface area contributed by atoms with Crippen LogP contribution < -0.4 is 0 Å². The lowest BCUT2D eigenvalue weighted by Crippen LogP contribution is -2.61. The van der Waals surface area contributed by atoms with Gasteiger partial charge in [0.15, 0.2) is 0 Å². The third-order valence-electron chi connectivity index (χ3n) is 7.21. The molecular weight excluding hydrogens is 296 g/mol. The number of likely N-dealkylation sites (tertiary alicyclic amines) is 1. The van der Waals surface area contributed by atoms with Gasteiger partial charge in [-0.25, -0.2) is 0 Å². The van der Waals surface area contributed by atoms with Gasteiger partial charge in [0.05, 0.1) is 6.04 Å². The summed E-state index contributed by atoms with van der Waals surface area (Å²) in [6.07, 6.45) is 7.31. The van der Waals surface area contributed by atoms with Crippen molar-refractivity contribution in [2.24, 2.45) is 11.8 Å². The first kappa shape index (κ1) is 14.9. The fourth-order valence-corrected chi connectivity index (χ4v) is 6.07. The minimum absolute atomic E-state index is 0.315. The summed E-state index contributed by atoms with van der Waals surface area (Å²) in [6, 6.07) is 12.0. The van der Waals surface area contributed by atoms with Crippen LogP contribution in [0.25, 0.3) is 0 Å². The number of rotatable bonds is 2. The molecule has 1 aromatic carbocycles. The summed E-state index contributed by atoms with van der Waals surface area (Å²) in [5.41, 5.74) is 1.43. The van der Waals surface area contributed by atoms with Crippen molar-refractivity contribution in [3.05, 3.63) is 35.9 Å². The van der Waals surface area contributed by atoms with Crippen molar-refractivity contribution in [2.75, 3.05) is 19.6 Å². The van der Waals surface area contributed by atoms with Crippen LogP contribution in [0.5, 0.6) is 0 Å². The van der Waals surface area contributed by atoms with Crippen LogP contribution in [0.4, 0.5) is 0 Å². The number of nitrogens with zero attached hydrogens (tertiary/aromatic N) is 2. The van der Waals surface area contributed by atoms with Crippen LogP contribution in [-0.4, -0.2) is 47.4 Å². The smallest absolute Gasteiger partial charge is 0.226 e. The third-order valence-corrected chi connectivity index (χ3v) is 7.21. The van der Waals surface area contributed by atoms with Crippen LogP contribution in [0.15, 0.2) is 30.3 Å². The van der Waals surface area contributed by atoms with Crippen LogP contribution in [0, 0.1) is 11.8 Å². The van der Waals surface area contributed by atoms with Crippen molar-refractivity contribution in [1.82, 2.24) is 9.80 Å². The molecule has 128 valence electrons. The van der Waals surface area contributed by atoms with Gasteiger partial charge >= 0.3 is 0 Å². The zero-order valence-electron chi connectivity index (χ0n) is 14.4. The molecule has 0 spiro atoms. The van der Waals surface area contributed by atoms with Crippen LogP contribution in [0.1, 0.15) is 50.0 Å². The zero-order valence-corrected chi connectivity index (χ0v) is 14.4. The van der Waals surface area contributed by atoms with Crippen LogP contribution >= 0.6 is 0 Å². The Bertz CT molecular complexity index is 602. The van der Waals surface area contributed by atoms with E-state index in [0.717, 1.165) is 25.3 Å². The molecule has 0 aromatic heterocycles. The maximum absolute atomic E-state index is 13.3. The standard InChI is InChI=1S/C21H28N2O/c24-21(17-8-4-5-9-17)23-14-18(15-6-2-1-3-7-15)20-19(23)16-10-12-22(20)13-11-16/h1-3,6-7,16-20H,4-5,8-14H2/t18-,19+,20+/m0/s1. The lowest BCUT2D eigenvalue weighted by Gasteiger charge is -2.51. The second kappa shape index (κ2) is 5.87. The van der Waals surface area contributed by atoms with Gasteiger partial charge in [-0.1, -0.05) is 43.2 Å². The Hall–Kier alpha value is -1.35. The van der Waals surface area contributed by atoms with Gasteiger partial charge in [0.2, 0.25) is 5.91 Å². The summed E-state index contributed by atoms with van der Waals surface area (Å²) in [4.78, 5) is 18.3. The van der Waals surface area contributed by atoms with Gasteiger partial charge in [-0.05, 0) is 50.3 Å². The number of carbonyl (C=O) groups is 1. The molecule has 3 atom stereocenters. The number of piperidine rings is 3. The molecule has 5 aliphatic rings. The fraction of sp³-hybridized carbons (Fsp3) is 0.667. The fourth-order valence-electron chi connectivity index (χ4n) is 6.07. The summed E-state index contributed by atoms with van der Waals surface area (Å²) in [5.74, 6) is 2.04. The quantitative estimate of drug-likeness (QED) is 0.833. The van der Waals surface area contributed by atoms with Crippen molar-refractivity contribution in [3.63, 3.8) is 0 Å². The summed E-state index contributed by atoms with van der Waals surface area (Å²) in [6.45, 7) is 3.42. The first-order valence-corrected chi connectivity index (χ1v) is 9.92. The molecule has 0 radical (unpaired) electrons. The Balaban J connectivity index is 1.49. The highest BCUT2D eigenvalue weighted by atomic mass is 16.2. The van der Waals surface area contributed by atoms with E-state index in [2.05, 4.69) is 40.1 Å². The monoisotopic (exact) mass is 324 g/mol. The van der Waals surface area contributed by atoms with Gasteiger partial charge in [-0.3, -0.25) is 9.69 Å². The van der Waals surface area contributed by atoms with E-state index in [-0.39, 0.29) is 0 Å². The van der Waals surface area contributed by atoms with Gasteiger partial charge in [-0.2, -0.15) is 0 Å². The predicted octanol–water partition coefficient (Wildman–Crippen LogP) is 3.27. The Morgan fingerprint density at radius 1 is 0.917 bits per heavy atom. The second-order valence-corrected chi connectivity index (χ2v) is 8.34. The normalized spacial score (nSPS) is 38.5. The van der Waals surface area contributed by atoms with Crippen molar-refractivity contribution in [1.29, 1.82) is 0 Å². The molecule has 4 saturated heterocycles. The van der Waals surface area contributed by atoms with Gasteiger partial charge in [0, 0.05) is 24.4 Å². The summed E-state index contributed by atoms with van der Waals surface area (Å²) in [5, 5.41) is 0. The van der Waals surface area contributed by atoms with Crippen molar-refractivity contribution < 1.29 is 4.79 Å². The molecule has 3 heteroatoms.